The van der Waals surface area contributed by atoms with Crippen LogP contribution in [-0.4, -0.2) is 11.7 Å². The largest absolute Gasteiger partial charge is 0.454 e. The molecule has 0 saturated carbocycles. The van der Waals surface area contributed by atoms with E-state index in [9.17, 15) is 9.18 Å². The number of hydrogen-bond acceptors (Lipinski definition) is 4. The second-order valence-corrected chi connectivity index (χ2v) is 6.35. The van der Waals surface area contributed by atoms with Gasteiger partial charge in [-0.1, -0.05) is 59.3 Å². The smallest absolute Gasteiger partial charge is 0.368 e. The van der Waals surface area contributed by atoms with Crippen molar-refractivity contribution in [2.75, 3.05) is 0 Å². The maximum atomic E-state index is 14.2. The molecule has 3 aromatic rings. The number of benzene rings is 3. The maximum absolute atomic E-state index is 14.2. The molecule has 1 aliphatic heterocycles. The van der Waals surface area contributed by atoms with Crippen LogP contribution < -0.4 is 4.74 Å². The van der Waals surface area contributed by atoms with E-state index in [2.05, 4.69) is 5.16 Å². The molecule has 0 fully saturated rings. The average molecular weight is 373 g/mol. The second kappa shape index (κ2) is 7.48. The lowest BCUT2D eigenvalue weighted by Gasteiger charge is -2.08. The Balaban J connectivity index is 1.67. The Bertz CT molecular complexity index is 1090. The number of halogens is 1. The van der Waals surface area contributed by atoms with Crippen LogP contribution in [0.4, 0.5) is 4.39 Å². The summed E-state index contributed by atoms with van der Waals surface area (Å²) >= 11 is 0. The summed E-state index contributed by atoms with van der Waals surface area (Å²) in [4.78, 5) is 17.0. The summed E-state index contributed by atoms with van der Waals surface area (Å²) < 4.78 is 19.8. The lowest BCUT2D eigenvalue weighted by Crippen LogP contribution is -2.06. The van der Waals surface area contributed by atoms with Gasteiger partial charge in [0.25, 0.3) is 0 Å². The van der Waals surface area contributed by atoms with Crippen molar-refractivity contribution in [3.8, 4) is 11.5 Å². The highest BCUT2D eigenvalue weighted by molar-refractivity contribution is 6.31. The highest BCUT2D eigenvalue weighted by Crippen LogP contribution is 2.27. The van der Waals surface area contributed by atoms with Gasteiger partial charge in [0, 0.05) is 5.56 Å². The number of carbonyl (C=O) groups is 1. The summed E-state index contributed by atoms with van der Waals surface area (Å²) in [6, 6.07) is 20.9. The minimum absolute atomic E-state index is 0.0701. The molecule has 0 bridgehead atoms. The highest BCUT2D eigenvalue weighted by Gasteiger charge is 2.26. The third-order valence-corrected chi connectivity index (χ3v) is 4.26. The molecule has 0 aromatic heterocycles. The number of ether oxygens (including phenoxy) is 1. The first-order valence-electron chi connectivity index (χ1n) is 8.71. The van der Waals surface area contributed by atoms with Gasteiger partial charge in [0.05, 0.1) is 5.57 Å². The fraction of sp³-hybridized carbons (Fsp3) is 0.0435. The fourth-order valence-electron chi connectivity index (χ4n) is 2.80. The van der Waals surface area contributed by atoms with Crippen LogP contribution in [0, 0.1) is 12.7 Å². The zero-order valence-electron chi connectivity index (χ0n) is 15.1. The molecule has 0 aliphatic carbocycles. The molecular weight excluding hydrogens is 357 g/mol. The third-order valence-electron chi connectivity index (χ3n) is 4.26. The number of nitrogens with zero attached hydrogens (tertiary/aromatic N) is 1. The van der Waals surface area contributed by atoms with Gasteiger partial charge in [-0.05, 0) is 42.8 Å². The molecule has 0 amide bonds. The SMILES string of the molecule is Cc1ccc(C2=NOC(=O)/C2=C/c2ccc(F)c(Oc3ccccc3)c2)cc1. The van der Waals surface area contributed by atoms with Crippen molar-refractivity contribution in [2.24, 2.45) is 5.16 Å². The van der Waals surface area contributed by atoms with E-state index in [4.69, 9.17) is 9.57 Å². The lowest BCUT2D eigenvalue weighted by molar-refractivity contribution is -0.136. The van der Waals surface area contributed by atoms with Crippen molar-refractivity contribution < 1.29 is 18.8 Å². The van der Waals surface area contributed by atoms with Crippen molar-refractivity contribution in [2.45, 2.75) is 6.92 Å². The highest BCUT2D eigenvalue weighted by atomic mass is 19.1. The van der Waals surface area contributed by atoms with Crippen molar-refractivity contribution in [3.63, 3.8) is 0 Å². The Morgan fingerprint density at radius 3 is 2.50 bits per heavy atom. The predicted molar refractivity (Wildman–Crippen MR) is 105 cm³/mol. The zero-order valence-corrected chi connectivity index (χ0v) is 15.1. The number of para-hydroxylation sites is 1. The summed E-state index contributed by atoms with van der Waals surface area (Å²) in [6.45, 7) is 1.98. The Kier molecular flexibility index (Phi) is 4.72. The van der Waals surface area contributed by atoms with Gasteiger partial charge in [-0.15, -0.1) is 0 Å². The first kappa shape index (κ1) is 17.7. The van der Waals surface area contributed by atoms with Crippen LogP contribution in [-0.2, 0) is 9.63 Å². The number of oxime groups is 1. The van der Waals surface area contributed by atoms with Crippen LogP contribution in [0.2, 0.25) is 0 Å². The molecule has 28 heavy (non-hydrogen) atoms. The molecule has 0 spiro atoms. The zero-order chi connectivity index (χ0) is 19.5. The van der Waals surface area contributed by atoms with E-state index in [1.165, 1.54) is 12.1 Å². The Morgan fingerprint density at radius 1 is 1.00 bits per heavy atom. The maximum Gasteiger partial charge on any atom is 0.368 e. The van der Waals surface area contributed by atoms with Crippen molar-refractivity contribution in [3.05, 3.63) is 101 Å². The summed E-state index contributed by atoms with van der Waals surface area (Å²) in [5.74, 6) is -0.452. The monoisotopic (exact) mass is 373 g/mol. The van der Waals surface area contributed by atoms with Crippen molar-refractivity contribution in [1.82, 2.24) is 0 Å². The third kappa shape index (κ3) is 3.69. The minimum atomic E-state index is -0.551. The van der Waals surface area contributed by atoms with E-state index < -0.39 is 11.8 Å². The molecule has 0 atom stereocenters. The Hall–Kier alpha value is -3.73. The van der Waals surface area contributed by atoms with E-state index in [0.717, 1.165) is 11.1 Å². The van der Waals surface area contributed by atoms with Gasteiger partial charge in [0.15, 0.2) is 11.6 Å². The van der Waals surface area contributed by atoms with Crippen molar-refractivity contribution >= 4 is 17.8 Å². The van der Waals surface area contributed by atoms with Crippen molar-refractivity contribution in [1.29, 1.82) is 0 Å². The predicted octanol–water partition coefficient (Wildman–Crippen LogP) is 5.27. The van der Waals surface area contributed by atoms with Gasteiger partial charge >= 0.3 is 5.97 Å². The molecule has 0 radical (unpaired) electrons. The minimum Gasteiger partial charge on any atom is -0.454 e. The van der Waals surface area contributed by atoms with E-state index in [-0.39, 0.29) is 5.75 Å². The molecule has 1 heterocycles. The van der Waals surface area contributed by atoms with Gasteiger partial charge in [-0.2, -0.15) is 0 Å². The van der Waals surface area contributed by atoms with E-state index in [0.29, 0.717) is 22.6 Å². The van der Waals surface area contributed by atoms with Gasteiger partial charge in [-0.3, -0.25) is 0 Å². The summed E-state index contributed by atoms with van der Waals surface area (Å²) in [5.41, 5.74) is 3.22. The quantitative estimate of drug-likeness (QED) is 0.462. The number of carbonyl (C=O) groups excluding carboxylic acids is 1. The molecule has 5 heteroatoms. The molecule has 1 aliphatic rings. The van der Waals surface area contributed by atoms with Crippen LogP contribution in [0.3, 0.4) is 0 Å². The van der Waals surface area contributed by atoms with Crippen LogP contribution in [0.25, 0.3) is 6.08 Å². The number of aryl methyl sites for hydroxylation is 1. The molecule has 0 unspecified atom stereocenters. The topological polar surface area (TPSA) is 47.9 Å². The Morgan fingerprint density at radius 2 is 1.75 bits per heavy atom. The lowest BCUT2D eigenvalue weighted by atomic mass is 10.00. The van der Waals surface area contributed by atoms with Crippen LogP contribution >= 0.6 is 0 Å². The van der Waals surface area contributed by atoms with E-state index in [1.807, 2.05) is 37.3 Å². The molecule has 0 N–H and O–H groups in total. The second-order valence-electron chi connectivity index (χ2n) is 6.35. The molecule has 138 valence electrons. The fourth-order valence-corrected chi connectivity index (χ4v) is 2.80. The van der Waals surface area contributed by atoms with Gasteiger partial charge in [0.2, 0.25) is 0 Å². The average Bonchev–Trinajstić information content (AvgIpc) is 3.06. The van der Waals surface area contributed by atoms with Gasteiger partial charge in [0.1, 0.15) is 11.5 Å². The first-order valence-corrected chi connectivity index (χ1v) is 8.71. The van der Waals surface area contributed by atoms with Gasteiger partial charge in [-0.25, -0.2) is 9.18 Å². The summed E-state index contributed by atoms with van der Waals surface area (Å²) in [6.07, 6.45) is 1.62. The summed E-state index contributed by atoms with van der Waals surface area (Å²) in [5, 5.41) is 3.90. The van der Waals surface area contributed by atoms with E-state index in [1.54, 1.807) is 36.4 Å². The Labute approximate surface area is 161 Å². The molecule has 3 aromatic carbocycles. The molecular formula is C23H16FNO3. The number of rotatable bonds is 4. The summed E-state index contributed by atoms with van der Waals surface area (Å²) in [7, 11) is 0. The van der Waals surface area contributed by atoms with Crippen LogP contribution in [0.5, 0.6) is 11.5 Å². The van der Waals surface area contributed by atoms with Gasteiger partial charge < -0.3 is 9.57 Å². The van der Waals surface area contributed by atoms with Crippen LogP contribution in [0.15, 0.2) is 83.5 Å². The first-order chi connectivity index (χ1) is 13.6. The molecule has 0 saturated heterocycles. The molecule has 4 rings (SSSR count). The molecule has 4 nitrogen and oxygen atoms in total. The van der Waals surface area contributed by atoms with E-state index >= 15 is 0 Å². The number of hydrogen-bond donors (Lipinski definition) is 0. The normalized spacial score (nSPS) is 14.7. The van der Waals surface area contributed by atoms with Crippen LogP contribution in [0.1, 0.15) is 16.7 Å². The standard InChI is InChI=1S/C23H16FNO3/c1-15-7-10-17(11-8-15)22-19(23(26)28-25-22)13-16-9-12-20(24)21(14-16)27-18-5-3-2-4-6-18/h2-14H,1H3/b19-13+.